The van der Waals surface area contributed by atoms with E-state index in [2.05, 4.69) is 5.32 Å². The van der Waals surface area contributed by atoms with Crippen molar-refractivity contribution < 1.29 is 22.7 Å². The Morgan fingerprint density at radius 3 is 2.67 bits per heavy atom. The molecule has 1 atom stereocenters. The first-order valence-corrected chi connectivity index (χ1v) is 11.4. The third kappa shape index (κ3) is 5.57. The monoisotopic (exact) mass is 416 g/mol. The molecule has 2 aliphatic heterocycles. The quantitative estimate of drug-likeness (QED) is 0.767. The van der Waals surface area contributed by atoms with Crippen LogP contribution in [0.2, 0.25) is 5.02 Å². The van der Waals surface area contributed by atoms with Crippen LogP contribution in [-0.4, -0.2) is 63.3 Å². The zero-order valence-electron chi connectivity index (χ0n) is 15.3. The molecule has 1 aromatic rings. The minimum Gasteiger partial charge on any atom is -0.489 e. The number of rotatable bonds is 6. The maximum absolute atomic E-state index is 12.3. The Balaban J connectivity index is 1.53. The van der Waals surface area contributed by atoms with Gasteiger partial charge in [-0.2, -0.15) is 0 Å². The SMILES string of the molecule is CS(=O)(=O)N1CCC(Oc2ccc(C(=O)NCC3CCCO3)cc2Cl)CC1. The predicted molar refractivity (Wildman–Crippen MR) is 103 cm³/mol. The number of amides is 1. The van der Waals surface area contributed by atoms with Crippen LogP contribution in [0.15, 0.2) is 18.2 Å². The molecule has 2 saturated heterocycles. The first kappa shape index (κ1) is 20.4. The zero-order chi connectivity index (χ0) is 19.4. The summed E-state index contributed by atoms with van der Waals surface area (Å²) in [6, 6.07) is 4.96. The normalized spacial score (nSPS) is 21.9. The van der Waals surface area contributed by atoms with Crippen LogP contribution in [0.4, 0.5) is 0 Å². The van der Waals surface area contributed by atoms with Crippen LogP contribution in [0.1, 0.15) is 36.0 Å². The van der Waals surface area contributed by atoms with Gasteiger partial charge in [0.15, 0.2) is 0 Å². The van der Waals surface area contributed by atoms with Gasteiger partial charge >= 0.3 is 0 Å². The Morgan fingerprint density at radius 2 is 2.07 bits per heavy atom. The van der Waals surface area contributed by atoms with E-state index in [1.165, 1.54) is 10.6 Å². The molecule has 9 heteroatoms. The highest BCUT2D eigenvalue weighted by Crippen LogP contribution is 2.29. The average molecular weight is 417 g/mol. The number of benzene rings is 1. The topological polar surface area (TPSA) is 84.9 Å². The van der Waals surface area contributed by atoms with E-state index in [0.29, 0.717) is 48.8 Å². The Labute approximate surface area is 165 Å². The van der Waals surface area contributed by atoms with Gasteiger partial charge in [-0.15, -0.1) is 0 Å². The van der Waals surface area contributed by atoms with Crippen molar-refractivity contribution in [3.8, 4) is 5.75 Å². The number of halogens is 1. The zero-order valence-corrected chi connectivity index (χ0v) is 16.9. The molecule has 0 radical (unpaired) electrons. The largest absolute Gasteiger partial charge is 0.489 e. The highest BCUT2D eigenvalue weighted by Gasteiger charge is 2.26. The van der Waals surface area contributed by atoms with E-state index >= 15 is 0 Å². The number of hydrogen-bond acceptors (Lipinski definition) is 5. The summed E-state index contributed by atoms with van der Waals surface area (Å²) >= 11 is 6.29. The van der Waals surface area contributed by atoms with E-state index in [-0.39, 0.29) is 18.1 Å². The number of nitrogens with one attached hydrogen (secondary N) is 1. The first-order chi connectivity index (χ1) is 12.8. The van der Waals surface area contributed by atoms with E-state index in [0.717, 1.165) is 19.4 Å². The number of hydrogen-bond donors (Lipinski definition) is 1. The Hall–Kier alpha value is -1.35. The summed E-state index contributed by atoms with van der Waals surface area (Å²) in [5.41, 5.74) is 0.470. The maximum Gasteiger partial charge on any atom is 0.251 e. The lowest BCUT2D eigenvalue weighted by molar-refractivity contribution is 0.0857. The second kappa shape index (κ2) is 8.77. The second-order valence-electron chi connectivity index (χ2n) is 6.97. The van der Waals surface area contributed by atoms with Crippen molar-refractivity contribution in [3.63, 3.8) is 0 Å². The summed E-state index contributed by atoms with van der Waals surface area (Å²) in [5, 5.41) is 3.23. The predicted octanol–water partition coefficient (Wildman–Crippen LogP) is 2.05. The molecule has 27 heavy (non-hydrogen) atoms. The highest BCUT2D eigenvalue weighted by atomic mass is 35.5. The van der Waals surface area contributed by atoms with E-state index in [1.54, 1.807) is 18.2 Å². The number of carbonyl (C=O) groups is 1. The van der Waals surface area contributed by atoms with Gasteiger partial charge in [0, 0.05) is 31.8 Å². The van der Waals surface area contributed by atoms with E-state index in [1.807, 2.05) is 0 Å². The fraction of sp³-hybridized carbons (Fsp3) is 0.611. The van der Waals surface area contributed by atoms with Crippen molar-refractivity contribution in [1.29, 1.82) is 0 Å². The molecule has 1 unspecified atom stereocenters. The van der Waals surface area contributed by atoms with E-state index < -0.39 is 10.0 Å². The maximum atomic E-state index is 12.3. The fourth-order valence-corrected chi connectivity index (χ4v) is 4.41. The fourth-order valence-electron chi connectivity index (χ4n) is 3.31. The van der Waals surface area contributed by atoms with Gasteiger partial charge in [0.25, 0.3) is 5.91 Å². The molecule has 0 saturated carbocycles. The molecular formula is C18H25ClN2O5S. The van der Waals surface area contributed by atoms with Crippen LogP contribution < -0.4 is 10.1 Å². The molecule has 3 rings (SSSR count). The van der Waals surface area contributed by atoms with Crippen LogP contribution in [0.3, 0.4) is 0 Å². The third-order valence-corrected chi connectivity index (χ3v) is 6.47. The van der Waals surface area contributed by atoms with Gasteiger partial charge in [-0.3, -0.25) is 4.79 Å². The molecule has 2 aliphatic rings. The van der Waals surface area contributed by atoms with Crippen LogP contribution >= 0.6 is 11.6 Å². The van der Waals surface area contributed by atoms with Crippen molar-refractivity contribution in [2.45, 2.75) is 37.9 Å². The van der Waals surface area contributed by atoms with Gasteiger partial charge in [0.2, 0.25) is 10.0 Å². The van der Waals surface area contributed by atoms with Gasteiger partial charge in [-0.25, -0.2) is 12.7 Å². The molecule has 7 nitrogen and oxygen atoms in total. The lowest BCUT2D eigenvalue weighted by Gasteiger charge is -2.30. The van der Waals surface area contributed by atoms with Gasteiger partial charge in [-0.05, 0) is 43.9 Å². The summed E-state index contributed by atoms with van der Waals surface area (Å²) < 4.78 is 36.0. The average Bonchev–Trinajstić information content (AvgIpc) is 3.14. The van der Waals surface area contributed by atoms with Gasteiger partial charge in [0.1, 0.15) is 11.9 Å². The second-order valence-corrected chi connectivity index (χ2v) is 9.36. The molecular weight excluding hydrogens is 392 g/mol. The number of carbonyl (C=O) groups excluding carboxylic acids is 1. The van der Waals surface area contributed by atoms with Crippen LogP contribution in [0, 0.1) is 0 Å². The van der Waals surface area contributed by atoms with E-state index in [9.17, 15) is 13.2 Å². The molecule has 2 fully saturated rings. The minimum absolute atomic E-state index is 0.0878. The third-order valence-electron chi connectivity index (χ3n) is 4.87. The number of sulfonamides is 1. The Kier molecular flexibility index (Phi) is 6.62. The van der Waals surface area contributed by atoms with Crippen molar-refractivity contribution in [2.24, 2.45) is 0 Å². The van der Waals surface area contributed by atoms with Crippen LogP contribution in [0.5, 0.6) is 5.75 Å². The van der Waals surface area contributed by atoms with Crippen molar-refractivity contribution in [2.75, 3.05) is 32.5 Å². The molecule has 0 bridgehead atoms. The smallest absolute Gasteiger partial charge is 0.251 e. The van der Waals surface area contributed by atoms with Gasteiger partial charge in [0.05, 0.1) is 17.4 Å². The Bertz CT molecular complexity index is 772. The standard InChI is InChI=1S/C18H25ClN2O5S/c1-27(23,24)21-8-6-14(7-9-21)26-17-5-4-13(11-16(17)19)18(22)20-12-15-3-2-10-25-15/h4-5,11,14-15H,2-3,6-10,12H2,1H3,(H,20,22). The lowest BCUT2D eigenvalue weighted by atomic mass is 10.1. The van der Waals surface area contributed by atoms with Gasteiger partial charge in [-0.1, -0.05) is 11.6 Å². The first-order valence-electron chi connectivity index (χ1n) is 9.14. The molecule has 2 heterocycles. The highest BCUT2D eigenvalue weighted by molar-refractivity contribution is 7.88. The molecule has 1 aromatic carbocycles. The van der Waals surface area contributed by atoms with Crippen molar-refractivity contribution in [3.05, 3.63) is 28.8 Å². The summed E-state index contributed by atoms with van der Waals surface area (Å²) in [5.74, 6) is 0.311. The summed E-state index contributed by atoms with van der Waals surface area (Å²) in [6.45, 7) is 2.12. The molecule has 1 N–H and O–H groups in total. The lowest BCUT2D eigenvalue weighted by Crippen LogP contribution is -2.41. The van der Waals surface area contributed by atoms with Gasteiger partial charge < -0.3 is 14.8 Å². The summed E-state index contributed by atoms with van der Waals surface area (Å²) in [6.07, 6.45) is 4.41. The molecule has 150 valence electrons. The molecule has 0 aliphatic carbocycles. The van der Waals surface area contributed by atoms with Crippen LogP contribution in [-0.2, 0) is 14.8 Å². The number of piperidine rings is 1. The van der Waals surface area contributed by atoms with Crippen molar-refractivity contribution in [1.82, 2.24) is 9.62 Å². The Morgan fingerprint density at radius 1 is 1.33 bits per heavy atom. The minimum atomic E-state index is -3.16. The van der Waals surface area contributed by atoms with Crippen molar-refractivity contribution >= 4 is 27.5 Å². The number of ether oxygens (including phenoxy) is 2. The number of nitrogens with zero attached hydrogens (tertiary/aromatic N) is 1. The molecule has 1 amide bonds. The molecule has 0 spiro atoms. The summed E-state index contributed by atoms with van der Waals surface area (Å²) in [7, 11) is -3.16. The van der Waals surface area contributed by atoms with E-state index in [4.69, 9.17) is 21.1 Å². The summed E-state index contributed by atoms with van der Waals surface area (Å²) in [4.78, 5) is 12.3. The van der Waals surface area contributed by atoms with Crippen LogP contribution in [0.25, 0.3) is 0 Å². The molecule has 0 aromatic heterocycles.